The van der Waals surface area contributed by atoms with E-state index in [0.717, 1.165) is 49.2 Å². The zero-order valence-electron chi connectivity index (χ0n) is 16.0. The molecule has 1 atom stereocenters. The van der Waals surface area contributed by atoms with Crippen LogP contribution in [-0.4, -0.2) is 17.7 Å². The Hall–Kier alpha value is -2.53. The highest BCUT2D eigenvalue weighted by Gasteiger charge is 2.04. The van der Waals surface area contributed by atoms with E-state index in [1.807, 2.05) is 36.4 Å². The second kappa shape index (κ2) is 12.0. The maximum atomic E-state index is 10.9. The molecule has 0 fully saturated rings. The number of hydrogen-bond acceptors (Lipinski definition) is 4. The van der Waals surface area contributed by atoms with E-state index in [9.17, 15) is 4.79 Å². The van der Waals surface area contributed by atoms with Crippen LogP contribution in [0.2, 0.25) is 0 Å². The first-order chi connectivity index (χ1) is 13.2. The second-order valence-corrected chi connectivity index (χ2v) is 6.92. The first kappa shape index (κ1) is 20.8. The minimum Gasteiger partial charge on any atom is -0.489 e. The minimum absolute atomic E-state index is 0.306. The molecule has 0 saturated heterocycles. The summed E-state index contributed by atoms with van der Waals surface area (Å²) >= 11 is 0. The van der Waals surface area contributed by atoms with Gasteiger partial charge in [0.15, 0.2) is 0 Å². The summed E-state index contributed by atoms with van der Waals surface area (Å²) in [5.74, 6) is 1.10. The quantitative estimate of drug-likeness (QED) is 0.286. The molecular weight excluding hydrogens is 340 g/mol. The maximum Gasteiger partial charge on any atom is 0.243 e. The number of anilines is 1. The highest BCUT2D eigenvalue weighted by Crippen LogP contribution is 2.20. The Morgan fingerprint density at radius 1 is 1.07 bits per heavy atom. The van der Waals surface area contributed by atoms with Gasteiger partial charge in [-0.1, -0.05) is 56.2 Å². The molecule has 0 spiro atoms. The number of hydroxylamine groups is 1. The summed E-state index contributed by atoms with van der Waals surface area (Å²) in [6, 6.07) is 18.2. The lowest BCUT2D eigenvalue weighted by Crippen LogP contribution is -2.17. The van der Waals surface area contributed by atoms with Gasteiger partial charge in [0.05, 0.1) is 0 Å². The third kappa shape index (κ3) is 8.60. The summed E-state index contributed by atoms with van der Waals surface area (Å²) in [6.45, 7) is 3.69. The van der Waals surface area contributed by atoms with Crippen LogP contribution in [0.25, 0.3) is 0 Å². The Morgan fingerprint density at radius 2 is 1.89 bits per heavy atom. The largest absolute Gasteiger partial charge is 0.489 e. The van der Waals surface area contributed by atoms with E-state index in [0.29, 0.717) is 18.9 Å². The normalized spacial score (nSPS) is 11.6. The molecule has 1 unspecified atom stereocenters. The highest BCUT2D eigenvalue weighted by molar-refractivity contribution is 5.74. The number of hydrogen-bond donors (Lipinski definition) is 3. The monoisotopic (exact) mass is 370 g/mol. The lowest BCUT2D eigenvalue weighted by molar-refractivity contribution is -0.129. The minimum atomic E-state index is -0.306. The molecule has 5 nitrogen and oxygen atoms in total. The van der Waals surface area contributed by atoms with Crippen LogP contribution < -0.4 is 15.5 Å². The maximum absolute atomic E-state index is 10.9. The van der Waals surface area contributed by atoms with E-state index in [1.54, 1.807) is 5.48 Å². The van der Waals surface area contributed by atoms with Gasteiger partial charge in [-0.05, 0) is 36.5 Å². The SMILES string of the molecule is CC(CCCCCC(=O)NO)CNc1cccc(OCc2ccccc2)c1. The van der Waals surface area contributed by atoms with Gasteiger partial charge in [0.1, 0.15) is 12.4 Å². The fourth-order valence-corrected chi connectivity index (χ4v) is 2.84. The van der Waals surface area contributed by atoms with Crippen LogP contribution in [0.4, 0.5) is 5.69 Å². The Labute approximate surface area is 161 Å². The van der Waals surface area contributed by atoms with E-state index in [-0.39, 0.29) is 5.91 Å². The second-order valence-electron chi connectivity index (χ2n) is 6.92. The van der Waals surface area contributed by atoms with Crippen LogP contribution in [0, 0.1) is 5.92 Å². The molecule has 0 aliphatic carbocycles. The molecule has 0 aliphatic rings. The number of benzene rings is 2. The third-order valence-electron chi connectivity index (χ3n) is 4.46. The van der Waals surface area contributed by atoms with Gasteiger partial charge >= 0.3 is 0 Å². The molecule has 0 aliphatic heterocycles. The molecule has 5 heteroatoms. The number of unbranched alkanes of at least 4 members (excludes halogenated alkanes) is 2. The zero-order valence-corrected chi connectivity index (χ0v) is 16.0. The van der Waals surface area contributed by atoms with Gasteiger partial charge < -0.3 is 10.1 Å². The van der Waals surface area contributed by atoms with Crippen LogP contribution in [0.3, 0.4) is 0 Å². The first-order valence-electron chi connectivity index (χ1n) is 9.61. The molecule has 0 bridgehead atoms. The summed E-state index contributed by atoms with van der Waals surface area (Å²) in [4.78, 5) is 10.9. The van der Waals surface area contributed by atoms with Crippen molar-refractivity contribution in [2.75, 3.05) is 11.9 Å². The molecule has 2 aromatic carbocycles. The summed E-state index contributed by atoms with van der Waals surface area (Å²) in [5.41, 5.74) is 3.88. The Kier molecular flexibility index (Phi) is 9.21. The number of rotatable bonds is 12. The average Bonchev–Trinajstić information content (AvgIpc) is 2.71. The van der Waals surface area contributed by atoms with Gasteiger partial charge in [0.2, 0.25) is 5.91 Å². The summed E-state index contributed by atoms with van der Waals surface area (Å²) in [7, 11) is 0. The van der Waals surface area contributed by atoms with Gasteiger partial charge in [0.25, 0.3) is 0 Å². The molecule has 146 valence electrons. The topological polar surface area (TPSA) is 70.6 Å². The van der Waals surface area contributed by atoms with Gasteiger partial charge in [0, 0.05) is 24.7 Å². The summed E-state index contributed by atoms with van der Waals surface area (Å²) in [6.07, 6.45) is 4.40. The van der Waals surface area contributed by atoms with Crippen molar-refractivity contribution in [2.24, 2.45) is 5.92 Å². The predicted molar refractivity (Wildman–Crippen MR) is 108 cm³/mol. The van der Waals surface area contributed by atoms with Crippen molar-refractivity contribution >= 4 is 11.6 Å². The van der Waals surface area contributed by atoms with E-state index >= 15 is 0 Å². The van der Waals surface area contributed by atoms with Crippen LogP contribution in [0.5, 0.6) is 5.75 Å². The van der Waals surface area contributed by atoms with Crippen molar-refractivity contribution in [1.29, 1.82) is 0 Å². The number of nitrogens with one attached hydrogen (secondary N) is 2. The average molecular weight is 370 g/mol. The van der Waals surface area contributed by atoms with Crippen molar-refractivity contribution in [2.45, 2.75) is 45.6 Å². The molecule has 0 saturated carbocycles. The Morgan fingerprint density at radius 3 is 2.67 bits per heavy atom. The molecular formula is C22H30N2O3. The van der Waals surface area contributed by atoms with E-state index in [2.05, 4.69) is 30.4 Å². The molecule has 2 rings (SSSR count). The Bertz CT molecular complexity index is 676. The smallest absolute Gasteiger partial charge is 0.243 e. The fraction of sp³-hybridized carbons (Fsp3) is 0.409. The lowest BCUT2D eigenvalue weighted by atomic mass is 10.0. The van der Waals surface area contributed by atoms with E-state index in [4.69, 9.17) is 9.94 Å². The first-order valence-corrected chi connectivity index (χ1v) is 9.61. The van der Waals surface area contributed by atoms with Crippen molar-refractivity contribution in [3.63, 3.8) is 0 Å². The molecule has 3 N–H and O–H groups in total. The van der Waals surface area contributed by atoms with Crippen molar-refractivity contribution in [3.05, 3.63) is 60.2 Å². The fourth-order valence-electron chi connectivity index (χ4n) is 2.84. The number of carbonyl (C=O) groups is 1. The number of carbonyl (C=O) groups excluding carboxylic acids is 1. The number of amides is 1. The van der Waals surface area contributed by atoms with Crippen LogP contribution >= 0.6 is 0 Å². The van der Waals surface area contributed by atoms with Gasteiger partial charge in [-0.25, -0.2) is 5.48 Å². The van der Waals surface area contributed by atoms with Crippen molar-refractivity contribution in [1.82, 2.24) is 5.48 Å². The highest BCUT2D eigenvalue weighted by atomic mass is 16.5. The molecule has 0 heterocycles. The van der Waals surface area contributed by atoms with E-state index < -0.39 is 0 Å². The zero-order chi connectivity index (χ0) is 19.3. The molecule has 0 radical (unpaired) electrons. The van der Waals surface area contributed by atoms with Crippen LogP contribution in [0.1, 0.15) is 44.6 Å². The van der Waals surface area contributed by atoms with Crippen molar-refractivity contribution < 1.29 is 14.7 Å². The van der Waals surface area contributed by atoms with Crippen LogP contribution in [-0.2, 0) is 11.4 Å². The molecule has 0 aromatic heterocycles. The predicted octanol–water partition coefficient (Wildman–Crippen LogP) is 4.77. The molecule has 27 heavy (non-hydrogen) atoms. The Balaban J connectivity index is 1.65. The van der Waals surface area contributed by atoms with E-state index in [1.165, 1.54) is 0 Å². The molecule has 2 aromatic rings. The van der Waals surface area contributed by atoms with Gasteiger partial charge in [-0.15, -0.1) is 0 Å². The van der Waals surface area contributed by atoms with Crippen LogP contribution in [0.15, 0.2) is 54.6 Å². The molecule has 1 amide bonds. The third-order valence-corrected chi connectivity index (χ3v) is 4.46. The van der Waals surface area contributed by atoms with Gasteiger partial charge in [-0.3, -0.25) is 10.0 Å². The van der Waals surface area contributed by atoms with Crippen molar-refractivity contribution in [3.8, 4) is 5.75 Å². The summed E-state index contributed by atoms with van der Waals surface area (Å²) < 4.78 is 5.87. The lowest BCUT2D eigenvalue weighted by Gasteiger charge is -2.14. The summed E-state index contributed by atoms with van der Waals surface area (Å²) in [5, 5.41) is 11.9. The van der Waals surface area contributed by atoms with Gasteiger partial charge in [-0.2, -0.15) is 0 Å². The standard InChI is InChI=1S/C22H30N2O3/c1-18(9-4-2-7-14-22(25)24-26)16-23-20-12-8-13-21(15-20)27-17-19-10-5-3-6-11-19/h3,5-6,8,10-13,15,18,23,26H,2,4,7,9,14,16-17H2,1H3,(H,24,25). The number of ether oxygens (including phenoxy) is 1.